The molecule has 0 unspecified atom stereocenters. The topological polar surface area (TPSA) is 75.4 Å². The molecule has 0 heterocycles. The average molecular weight is 189 g/mol. The Morgan fingerprint density at radius 3 is 2.75 bits per heavy atom. The first-order chi connectivity index (χ1) is 5.61. The number of hydrogen-bond acceptors (Lipinski definition) is 3. The zero-order valence-electron chi connectivity index (χ0n) is 5.82. The van der Waals surface area contributed by atoms with Gasteiger partial charge in [0, 0.05) is 0 Å². The quantitative estimate of drug-likeness (QED) is 0.420. The summed E-state index contributed by atoms with van der Waals surface area (Å²) in [7, 11) is 0. The fourth-order valence-electron chi connectivity index (χ4n) is 0.715. The van der Waals surface area contributed by atoms with Gasteiger partial charge in [0.05, 0.1) is 5.02 Å². The molecule has 0 fully saturated rings. The number of nitro groups is 1. The molecule has 1 aromatic carbocycles. The van der Waals surface area contributed by atoms with Crippen molar-refractivity contribution in [3.8, 4) is 5.75 Å². The number of hydrogen-bond donors (Lipinski definition) is 2. The van der Waals surface area contributed by atoms with Gasteiger partial charge in [-0.2, -0.15) is 0 Å². The third-order valence-corrected chi connectivity index (χ3v) is 1.51. The Morgan fingerprint density at radius 1 is 1.58 bits per heavy atom. The molecule has 0 atom stereocenters. The Morgan fingerprint density at radius 2 is 2.25 bits per heavy atom. The molecule has 0 aromatic heterocycles. The van der Waals surface area contributed by atoms with E-state index in [-0.39, 0.29) is 16.5 Å². The van der Waals surface area contributed by atoms with E-state index in [4.69, 9.17) is 16.7 Å². The van der Waals surface area contributed by atoms with Crippen molar-refractivity contribution < 1.29 is 10.1 Å². The standard InChI is InChI=1S/C6H5ClN2O3/c7-4-2-1-3-5(10)6(4)8-9(11)12/h1-3,8,10H. The highest BCUT2D eigenvalue weighted by Crippen LogP contribution is 2.30. The van der Waals surface area contributed by atoms with Crippen LogP contribution in [-0.4, -0.2) is 10.1 Å². The van der Waals surface area contributed by atoms with Crippen molar-refractivity contribution in [1.82, 2.24) is 0 Å². The van der Waals surface area contributed by atoms with Crippen molar-refractivity contribution in [2.24, 2.45) is 0 Å². The van der Waals surface area contributed by atoms with Crippen LogP contribution in [0.1, 0.15) is 0 Å². The molecule has 0 amide bonds. The lowest BCUT2D eigenvalue weighted by Gasteiger charge is -2.01. The summed E-state index contributed by atoms with van der Waals surface area (Å²) < 4.78 is 0. The largest absolute Gasteiger partial charge is 0.505 e. The van der Waals surface area contributed by atoms with E-state index < -0.39 is 5.03 Å². The van der Waals surface area contributed by atoms with E-state index in [1.807, 2.05) is 0 Å². The number of nitrogens with one attached hydrogen (secondary N) is 1. The van der Waals surface area contributed by atoms with E-state index >= 15 is 0 Å². The van der Waals surface area contributed by atoms with Crippen molar-refractivity contribution in [1.29, 1.82) is 0 Å². The molecule has 12 heavy (non-hydrogen) atoms. The van der Waals surface area contributed by atoms with Gasteiger partial charge in [-0.25, -0.2) is 10.1 Å². The summed E-state index contributed by atoms with van der Waals surface area (Å²) in [5, 5.41) is 18.4. The third-order valence-electron chi connectivity index (χ3n) is 1.19. The molecule has 0 radical (unpaired) electrons. The molecular formula is C6H5ClN2O3. The number of aromatic hydroxyl groups is 1. The Labute approximate surface area is 72.7 Å². The number of hydrazine groups is 1. The molecule has 2 N–H and O–H groups in total. The summed E-state index contributed by atoms with van der Waals surface area (Å²) in [5.41, 5.74) is 1.69. The summed E-state index contributed by atoms with van der Waals surface area (Å²) in [6.45, 7) is 0. The fourth-order valence-corrected chi connectivity index (χ4v) is 0.927. The molecular weight excluding hydrogens is 184 g/mol. The summed E-state index contributed by atoms with van der Waals surface area (Å²) >= 11 is 5.55. The molecule has 0 aliphatic carbocycles. The number of anilines is 1. The second kappa shape index (κ2) is 3.27. The summed E-state index contributed by atoms with van der Waals surface area (Å²) in [6.07, 6.45) is 0. The van der Waals surface area contributed by atoms with Gasteiger partial charge in [-0.05, 0) is 12.1 Å². The van der Waals surface area contributed by atoms with E-state index in [1.165, 1.54) is 18.2 Å². The molecule has 0 aliphatic rings. The Hall–Kier alpha value is -1.49. The van der Waals surface area contributed by atoms with Crippen molar-refractivity contribution in [3.63, 3.8) is 0 Å². The predicted octanol–water partition coefficient (Wildman–Crippen LogP) is 1.65. The van der Waals surface area contributed by atoms with E-state index in [1.54, 1.807) is 5.43 Å². The first kappa shape index (κ1) is 8.61. The first-order valence-corrected chi connectivity index (χ1v) is 3.37. The molecule has 0 saturated heterocycles. The van der Waals surface area contributed by atoms with Crippen LogP contribution in [0.5, 0.6) is 5.75 Å². The number of halogens is 1. The van der Waals surface area contributed by atoms with Gasteiger partial charge in [0.25, 0.3) is 0 Å². The van der Waals surface area contributed by atoms with E-state index in [9.17, 15) is 10.1 Å². The second-order valence-electron chi connectivity index (χ2n) is 2.00. The van der Waals surface area contributed by atoms with Crippen LogP contribution >= 0.6 is 11.6 Å². The van der Waals surface area contributed by atoms with Crippen molar-refractivity contribution in [2.75, 3.05) is 5.43 Å². The minimum Gasteiger partial charge on any atom is -0.505 e. The molecule has 6 heteroatoms. The Kier molecular flexibility index (Phi) is 2.35. The molecule has 0 aliphatic heterocycles. The molecule has 5 nitrogen and oxygen atoms in total. The van der Waals surface area contributed by atoms with Gasteiger partial charge >= 0.3 is 0 Å². The van der Waals surface area contributed by atoms with Crippen molar-refractivity contribution in [2.45, 2.75) is 0 Å². The first-order valence-electron chi connectivity index (χ1n) is 3.00. The van der Waals surface area contributed by atoms with E-state index in [0.29, 0.717) is 0 Å². The number of phenolic OH excluding ortho intramolecular Hbond substituents is 1. The van der Waals surface area contributed by atoms with Crippen LogP contribution in [0, 0.1) is 10.1 Å². The second-order valence-corrected chi connectivity index (χ2v) is 2.41. The molecule has 0 bridgehead atoms. The lowest BCUT2D eigenvalue weighted by atomic mass is 10.3. The molecule has 64 valence electrons. The van der Waals surface area contributed by atoms with Gasteiger partial charge in [-0.1, -0.05) is 17.7 Å². The smallest absolute Gasteiger partial charge is 0.162 e. The average Bonchev–Trinajstić information content (AvgIpc) is 1.97. The van der Waals surface area contributed by atoms with Crippen LogP contribution < -0.4 is 5.43 Å². The van der Waals surface area contributed by atoms with E-state index in [0.717, 1.165) is 0 Å². The normalized spacial score (nSPS) is 9.42. The summed E-state index contributed by atoms with van der Waals surface area (Å²) in [4.78, 5) is 10.00. The predicted molar refractivity (Wildman–Crippen MR) is 43.7 cm³/mol. The highest BCUT2D eigenvalue weighted by Gasteiger charge is 2.09. The maximum Gasteiger partial charge on any atom is 0.162 e. The lowest BCUT2D eigenvalue weighted by Crippen LogP contribution is -2.08. The minimum atomic E-state index is -0.791. The summed E-state index contributed by atoms with van der Waals surface area (Å²) in [5.74, 6) is -0.251. The highest BCUT2D eigenvalue weighted by atomic mass is 35.5. The third kappa shape index (κ3) is 1.76. The van der Waals surface area contributed by atoms with Crippen LogP contribution in [0.2, 0.25) is 5.02 Å². The maximum absolute atomic E-state index is 10.00. The van der Waals surface area contributed by atoms with Crippen molar-refractivity contribution in [3.05, 3.63) is 33.3 Å². The van der Waals surface area contributed by atoms with Gasteiger partial charge in [0.15, 0.2) is 10.7 Å². The van der Waals surface area contributed by atoms with Gasteiger partial charge < -0.3 is 5.11 Å². The molecule has 1 aromatic rings. The number of nitrogens with zero attached hydrogens (tertiary/aromatic N) is 1. The zero-order chi connectivity index (χ0) is 9.14. The van der Waals surface area contributed by atoms with Crippen molar-refractivity contribution >= 4 is 17.3 Å². The van der Waals surface area contributed by atoms with Crippen LogP contribution in [0.25, 0.3) is 0 Å². The van der Waals surface area contributed by atoms with Crippen LogP contribution in [0.3, 0.4) is 0 Å². The fraction of sp³-hybridized carbons (Fsp3) is 0. The highest BCUT2D eigenvalue weighted by molar-refractivity contribution is 6.33. The number of para-hydroxylation sites is 1. The summed E-state index contributed by atoms with van der Waals surface area (Å²) in [6, 6.07) is 4.23. The maximum atomic E-state index is 10.00. The zero-order valence-corrected chi connectivity index (χ0v) is 6.58. The number of rotatable bonds is 2. The number of benzene rings is 1. The van der Waals surface area contributed by atoms with Crippen LogP contribution in [-0.2, 0) is 0 Å². The van der Waals surface area contributed by atoms with Crippen LogP contribution in [0.4, 0.5) is 5.69 Å². The number of phenols is 1. The monoisotopic (exact) mass is 188 g/mol. The molecule has 0 spiro atoms. The van der Waals surface area contributed by atoms with Gasteiger partial charge in [0.1, 0.15) is 5.75 Å². The van der Waals surface area contributed by atoms with Crippen LogP contribution in [0.15, 0.2) is 18.2 Å². The minimum absolute atomic E-state index is 0.0934. The molecule has 0 saturated carbocycles. The van der Waals surface area contributed by atoms with Gasteiger partial charge in [-0.15, -0.1) is 5.43 Å². The SMILES string of the molecule is O=[N+]([O-])Nc1c(O)cccc1Cl. The Balaban J connectivity index is 3.04. The van der Waals surface area contributed by atoms with Gasteiger partial charge in [-0.3, -0.25) is 0 Å². The Bertz CT molecular complexity index is 295. The van der Waals surface area contributed by atoms with Gasteiger partial charge in [0.2, 0.25) is 0 Å². The van der Waals surface area contributed by atoms with E-state index in [2.05, 4.69) is 0 Å². The molecule has 1 rings (SSSR count). The lowest BCUT2D eigenvalue weighted by molar-refractivity contribution is -0.445.